The number of benzene rings is 1. The highest BCUT2D eigenvalue weighted by molar-refractivity contribution is 7.27. The molecule has 98 valence electrons. The average molecular weight is 292 g/mol. The number of rotatable bonds is 3. The maximum atomic E-state index is 13.2. The van der Waals surface area contributed by atoms with E-state index in [-0.39, 0.29) is 11.9 Å². The summed E-state index contributed by atoms with van der Waals surface area (Å²) in [5.74, 6) is 5.48. The van der Waals surface area contributed by atoms with Gasteiger partial charge in [-0.05, 0) is 47.7 Å². The van der Waals surface area contributed by atoms with Crippen molar-refractivity contribution in [1.82, 2.24) is 5.43 Å². The number of nitrogens with one attached hydrogen (secondary N) is 1. The third-order valence-corrected chi connectivity index (χ3v) is 5.31. The Kier molecular flexibility index (Phi) is 3.36. The molecule has 2 nitrogen and oxygen atoms in total. The summed E-state index contributed by atoms with van der Waals surface area (Å²) in [6.07, 6.45) is 0. The Bertz CT molecular complexity index is 689. The van der Waals surface area contributed by atoms with Crippen LogP contribution >= 0.6 is 22.7 Å². The zero-order valence-corrected chi connectivity index (χ0v) is 11.9. The fourth-order valence-corrected chi connectivity index (χ4v) is 4.41. The molecule has 3 rings (SSSR count). The fourth-order valence-electron chi connectivity index (χ4n) is 2.21. The standard InChI is InChI=1S/C14H13FN2S2/c1-8-6-9(15)2-3-10(8)14(17-16)13-7-12-11(19-13)4-5-18-12/h2-7,14,17H,16H2,1H3. The lowest BCUT2D eigenvalue weighted by Gasteiger charge is -2.17. The molecule has 5 heteroatoms. The minimum atomic E-state index is -0.218. The Morgan fingerprint density at radius 1 is 1.21 bits per heavy atom. The van der Waals surface area contributed by atoms with E-state index in [0.717, 1.165) is 16.0 Å². The van der Waals surface area contributed by atoms with Gasteiger partial charge in [-0.15, -0.1) is 22.7 Å². The van der Waals surface area contributed by atoms with Crippen molar-refractivity contribution < 1.29 is 4.39 Å². The number of hydrogen-bond acceptors (Lipinski definition) is 4. The maximum Gasteiger partial charge on any atom is 0.123 e. The summed E-state index contributed by atoms with van der Waals surface area (Å²) in [6, 6.07) is 8.98. The third kappa shape index (κ3) is 2.30. The van der Waals surface area contributed by atoms with Gasteiger partial charge in [-0.1, -0.05) is 6.07 Å². The number of fused-ring (bicyclic) bond motifs is 1. The molecule has 0 aliphatic carbocycles. The second-order valence-corrected chi connectivity index (χ2v) is 6.46. The van der Waals surface area contributed by atoms with Gasteiger partial charge in [-0.25, -0.2) is 9.82 Å². The van der Waals surface area contributed by atoms with Crippen LogP contribution in [-0.4, -0.2) is 0 Å². The summed E-state index contributed by atoms with van der Waals surface area (Å²) in [4.78, 5) is 1.15. The van der Waals surface area contributed by atoms with Crippen LogP contribution in [0.15, 0.2) is 35.7 Å². The van der Waals surface area contributed by atoms with E-state index in [1.54, 1.807) is 28.7 Å². The first-order valence-corrected chi connectivity index (χ1v) is 7.58. The van der Waals surface area contributed by atoms with Gasteiger partial charge in [0.05, 0.1) is 6.04 Å². The van der Waals surface area contributed by atoms with Crippen LogP contribution in [0.25, 0.3) is 9.40 Å². The average Bonchev–Trinajstić information content (AvgIpc) is 2.93. The van der Waals surface area contributed by atoms with E-state index in [4.69, 9.17) is 5.84 Å². The van der Waals surface area contributed by atoms with E-state index < -0.39 is 0 Å². The number of halogens is 1. The van der Waals surface area contributed by atoms with Crippen LogP contribution in [0.2, 0.25) is 0 Å². The highest BCUT2D eigenvalue weighted by Crippen LogP contribution is 2.36. The Morgan fingerprint density at radius 2 is 2.05 bits per heavy atom. The SMILES string of the molecule is Cc1cc(F)ccc1C(NN)c1cc2sccc2s1. The molecule has 0 spiro atoms. The van der Waals surface area contributed by atoms with Crippen molar-refractivity contribution in [2.45, 2.75) is 13.0 Å². The quantitative estimate of drug-likeness (QED) is 0.566. The van der Waals surface area contributed by atoms with Crippen molar-refractivity contribution in [2.24, 2.45) is 5.84 Å². The molecule has 0 saturated heterocycles. The van der Waals surface area contributed by atoms with Crippen LogP contribution in [-0.2, 0) is 0 Å². The second-order valence-electron chi connectivity index (χ2n) is 4.40. The maximum absolute atomic E-state index is 13.2. The molecule has 0 aliphatic rings. The van der Waals surface area contributed by atoms with Crippen LogP contribution in [0.1, 0.15) is 22.0 Å². The van der Waals surface area contributed by atoms with E-state index >= 15 is 0 Å². The number of hydrogen-bond donors (Lipinski definition) is 2. The van der Waals surface area contributed by atoms with E-state index in [1.165, 1.54) is 21.5 Å². The van der Waals surface area contributed by atoms with E-state index in [0.29, 0.717) is 0 Å². The summed E-state index contributed by atoms with van der Waals surface area (Å²) >= 11 is 3.44. The highest BCUT2D eigenvalue weighted by Gasteiger charge is 2.18. The Balaban J connectivity index is 2.06. The van der Waals surface area contributed by atoms with Gasteiger partial charge in [0.2, 0.25) is 0 Å². The molecule has 2 aromatic heterocycles. The zero-order valence-electron chi connectivity index (χ0n) is 10.3. The van der Waals surface area contributed by atoms with Gasteiger partial charge in [0.25, 0.3) is 0 Å². The number of thiophene rings is 2. The molecule has 0 radical (unpaired) electrons. The normalized spacial score (nSPS) is 13.0. The first-order chi connectivity index (χ1) is 9.19. The lowest BCUT2D eigenvalue weighted by molar-refractivity contribution is 0.615. The molecule has 1 aromatic carbocycles. The van der Waals surface area contributed by atoms with Gasteiger partial charge >= 0.3 is 0 Å². The van der Waals surface area contributed by atoms with E-state index in [1.807, 2.05) is 6.92 Å². The minimum absolute atomic E-state index is 0.0924. The molecule has 0 bridgehead atoms. The van der Waals surface area contributed by atoms with E-state index in [2.05, 4.69) is 22.9 Å². The van der Waals surface area contributed by atoms with Crippen LogP contribution in [0.4, 0.5) is 4.39 Å². The predicted molar refractivity (Wildman–Crippen MR) is 80.0 cm³/mol. The molecule has 1 unspecified atom stereocenters. The molecular weight excluding hydrogens is 279 g/mol. The first kappa shape index (κ1) is 12.7. The van der Waals surface area contributed by atoms with E-state index in [9.17, 15) is 4.39 Å². The first-order valence-electron chi connectivity index (χ1n) is 5.88. The van der Waals surface area contributed by atoms with Crippen LogP contribution in [0.3, 0.4) is 0 Å². The van der Waals surface area contributed by atoms with Crippen molar-refractivity contribution >= 4 is 32.1 Å². The molecule has 0 aliphatic heterocycles. The van der Waals surface area contributed by atoms with Gasteiger partial charge < -0.3 is 0 Å². The summed E-state index contributed by atoms with van der Waals surface area (Å²) in [6.45, 7) is 1.90. The molecular formula is C14H13FN2S2. The summed E-state index contributed by atoms with van der Waals surface area (Å²) in [7, 11) is 0. The Hall–Kier alpha value is -1.27. The predicted octanol–water partition coefficient (Wildman–Crippen LogP) is 3.96. The molecule has 1 atom stereocenters. The van der Waals surface area contributed by atoms with Crippen LogP contribution < -0.4 is 11.3 Å². The lowest BCUT2D eigenvalue weighted by atomic mass is 10.0. The molecule has 3 aromatic rings. The minimum Gasteiger partial charge on any atom is -0.271 e. The Morgan fingerprint density at radius 3 is 2.74 bits per heavy atom. The number of nitrogens with two attached hydrogens (primary N) is 1. The zero-order chi connectivity index (χ0) is 13.4. The van der Waals surface area contributed by atoms with Crippen molar-refractivity contribution in [3.05, 3.63) is 57.5 Å². The highest BCUT2D eigenvalue weighted by atomic mass is 32.1. The summed E-state index contributed by atoms with van der Waals surface area (Å²) in [5, 5.41) is 2.08. The van der Waals surface area contributed by atoms with Crippen molar-refractivity contribution in [3.63, 3.8) is 0 Å². The topological polar surface area (TPSA) is 38.0 Å². The van der Waals surface area contributed by atoms with Gasteiger partial charge in [0, 0.05) is 14.3 Å². The molecule has 0 saturated carbocycles. The van der Waals surface area contributed by atoms with Gasteiger partial charge in [-0.2, -0.15) is 0 Å². The van der Waals surface area contributed by atoms with Crippen LogP contribution in [0.5, 0.6) is 0 Å². The van der Waals surface area contributed by atoms with Gasteiger partial charge in [0.15, 0.2) is 0 Å². The van der Waals surface area contributed by atoms with Crippen molar-refractivity contribution in [1.29, 1.82) is 0 Å². The summed E-state index contributed by atoms with van der Waals surface area (Å²) < 4.78 is 15.7. The number of aryl methyl sites for hydroxylation is 1. The lowest BCUT2D eigenvalue weighted by Crippen LogP contribution is -2.28. The van der Waals surface area contributed by atoms with Gasteiger partial charge in [0.1, 0.15) is 5.82 Å². The second kappa shape index (κ2) is 5.02. The monoisotopic (exact) mass is 292 g/mol. The van der Waals surface area contributed by atoms with Gasteiger partial charge in [-0.3, -0.25) is 5.84 Å². The Labute approximate surface area is 118 Å². The van der Waals surface area contributed by atoms with Crippen molar-refractivity contribution in [2.75, 3.05) is 0 Å². The summed E-state index contributed by atoms with van der Waals surface area (Å²) in [5.41, 5.74) is 4.75. The third-order valence-electron chi connectivity index (χ3n) is 3.15. The molecule has 2 heterocycles. The van der Waals surface area contributed by atoms with Crippen molar-refractivity contribution in [3.8, 4) is 0 Å². The van der Waals surface area contributed by atoms with Crippen LogP contribution in [0, 0.1) is 12.7 Å². The smallest absolute Gasteiger partial charge is 0.123 e. The molecule has 0 fully saturated rings. The fraction of sp³-hybridized carbons (Fsp3) is 0.143. The molecule has 19 heavy (non-hydrogen) atoms. The molecule has 0 amide bonds. The molecule has 3 N–H and O–H groups in total. The largest absolute Gasteiger partial charge is 0.271 e. The number of hydrazine groups is 1.